The predicted octanol–water partition coefficient (Wildman–Crippen LogP) is 3.33. The van der Waals surface area contributed by atoms with Crippen molar-refractivity contribution in [3.8, 4) is 22.6 Å². The monoisotopic (exact) mass is 214 g/mol. The zero-order valence-corrected chi connectivity index (χ0v) is 9.14. The van der Waals surface area contributed by atoms with Gasteiger partial charge in [-0.25, -0.2) is 0 Å². The van der Waals surface area contributed by atoms with Crippen molar-refractivity contribution in [2.45, 2.75) is 13.3 Å². The maximum Gasteiger partial charge on any atom is 0.123 e. The molecule has 0 unspecified atom stereocenters. The molecule has 2 aromatic rings. The molecule has 0 bridgehead atoms. The Labute approximate surface area is 94.8 Å². The van der Waals surface area contributed by atoms with E-state index in [0.29, 0.717) is 0 Å². The molecular weight excluding hydrogens is 200 g/mol. The highest BCUT2D eigenvalue weighted by atomic mass is 16.3. The molecule has 0 saturated heterocycles. The van der Waals surface area contributed by atoms with E-state index >= 15 is 0 Å². The zero-order valence-electron chi connectivity index (χ0n) is 9.14. The number of aromatic hydroxyl groups is 2. The second-order valence-electron chi connectivity index (χ2n) is 3.71. The Morgan fingerprint density at radius 2 is 1.69 bits per heavy atom. The van der Waals surface area contributed by atoms with Crippen LogP contribution in [0.25, 0.3) is 11.1 Å². The number of rotatable bonds is 2. The second kappa shape index (κ2) is 4.27. The van der Waals surface area contributed by atoms with Crippen molar-refractivity contribution in [3.63, 3.8) is 0 Å². The number of hydrogen-bond donors (Lipinski definition) is 2. The van der Waals surface area contributed by atoms with Crippen molar-refractivity contribution in [2.24, 2.45) is 0 Å². The maximum atomic E-state index is 9.77. The molecule has 0 aliphatic carbocycles. The van der Waals surface area contributed by atoms with Crippen LogP contribution in [0.2, 0.25) is 0 Å². The first-order valence-electron chi connectivity index (χ1n) is 5.32. The molecule has 0 atom stereocenters. The van der Waals surface area contributed by atoms with Crippen molar-refractivity contribution in [2.75, 3.05) is 0 Å². The molecular formula is C14H14O2. The van der Waals surface area contributed by atoms with Gasteiger partial charge >= 0.3 is 0 Å². The summed E-state index contributed by atoms with van der Waals surface area (Å²) in [5.74, 6) is 0.245. The molecule has 0 saturated carbocycles. The van der Waals surface area contributed by atoms with E-state index in [2.05, 4.69) is 0 Å². The van der Waals surface area contributed by atoms with Gasteiger partial charge in [-0.1, -0.05) is 37.3 Å². The lowest BCUT2D eigenvalue weighted by Crippen LogP contribution is -1.88. The van der Waals surface area contributed by atoms with Crippen LogP contribution < -0.4 is 0 Å². The minimum atomic E-state index is 0.0913. The predicted molar refractivity (Wildman–Crippen MR) is 64.6 cm³/mol. The van der Waals surface area contributed by atoms with Crippen LogP contribution >= 0.6 is 0 Å². The Balaban J connectivity index is 2.64. The van der Waals surface area contributed by atoms with Crippen LogP contribution in [0.4, 0.5) is 0 Å². The first kappa shape index (κ1) is 10.6. The van der Waals surface area contributed by atoms with Gasteiger partial charge < -0.3 is 10.2 Å². The van der Waals surface area contributed by atoms with Gasteiger partial charge in [0.05, 0.1) is 0 Å². The van der Waals surface area contributed by atoms with E-state index in [9.17, 15) is 10.2 Å². The van der Waals surface area contributed by atoms with Gasteiger partial charge in [-0.2, -0.15) is 0 Å². The molecule has 0 aromatic heterocycles. The van der Waals surface area contributed by atoms with E-state index in [1.165, 1.54) is 6.07 Å². The minimum Gasteiger partial charge on any atom is -0.508 e. The molecule has 0 aliphatic rings. The van der Waals surface area contributed by atoms with E-state index in [1.54, 1.807) is 6.07 Å². The largest absolute Gasteiger partial charge is 0.508 e. The van der Waals surface area contributed by atoms with Gasteiger partial charge in [0.1, 0.15) is 11.5 Å². The third kappa shape index (κ3) is 1.87. The fourth-order valence-electron chi connectivity index (χ4n) is 1.89. The lowest BCUT2D eigenvalue weighted by Gasteiger charge is -2.10. The van der Waals surface area contributed by atoms with Gasteiger partial charge in [0.15, 0.2) is 0 Å². The van der Waals surface area contributed by atoms with Crippen LogP contribution in [0, 0.1) is 0 Å². The summed E-state index contributed by atoms with van der Waals surface area (Å²) in [5, 5.41) is 19.3. The normalized spacial score (nSPS) is 10.3. The van der Waals surface area contributed by atoms with Crippen molar-refractivity contribution >= 4 is 0 Å². The lowest BCUT2D eigenvalue weighted by atomic mass is 9.97. The smallest absolute Gasteiger partial charge is 0.123 e. The Bertz CT molecular complexity index is 490. The third-order valence-electron chi connectivity index (χ3n) is 2.65. The molecule has 16 heavy (non-hydrogen) atoms. The van der Waals surface area contributed by atoms with E-state index in [1.807, 2.05) is 37.3 Å². The quantitative estimate of drug-likeness (QED) is 0.805. The Hall–Kier alpha value is -1.96. The highest BCUT2D eigenvalue weighted by Crippen LogP contribution is 2.34. The molecule has 0 aliphatic heterocycles. The van der Waals surface area contributed by atoms with Gasteiger partial charge in [0.2, 0.25) is 0 Å². The summed E-state index contributed by atoms with van der Waals surface area (Å²) in [6.07, 6.45) is 0.732. The molecule has 2 nitrogen and oxygen atoms in total. The van der Waals surface area contributed by atoms with Crippen molar-refractivity contribution in [1.29, 1.82) is 0 Å². The van der Waals surface area contributed by atoms with Crippen molar-refractivity contribution in [1.82, 2.24) is 0 Å². The molecule has 0 heterocycles. The van der Waals surface area contributed by atoms with Gasteiger partial charge in [-0.05, 0) is 23.6 Å². The molecule has 2 heteroatoms. The van der Waals surface area contributed by atoms with Crippen LogP contribution in [0.3, 0.4) is 0 Å². The fraction of sp³-hybridized carbons (Fsp3) is 0.143. The van der Waals surface area contributed by atoms with Crippen LogP contribution in [-0.2, 0) is 6.42 Å². The SMILES string of the molecule is CCc1c(O)cc(O)cc1-c1ccccc1. The molecule has 0 spiro atoms. The summed E-state index contributed by atoms with van der Waals surface area (Å²) >= 11 is 0. The standard InChI is InChI=1S/C14H14O2/c1-2-12-13(8-11(15)9-14(12)16)10-6-4-3-5-7-10/h3-9,15-16H,2H2,1H3. The van der Waals surface area contributed by atoms with E-state index in [-0.39, 0.29) is 11.5 Å². The molecule has 2 aromatic carbocycles. The number of phenols is 2. The maximum absolute atomic E-state index is 9.77. The van der Waals surface area contributed by atoms with Crippen LogP contribution in [0.1, 0.15) is 12.5 Å². The Kier molecular flexibility index (Phi) is 2.82. The summed E-state index contributed by atoms with van der Waals surface area (Å²) in [6, 6.07) is 12.8. The van der Waals surface area contributed by atoms with Gasteiger partial charge in [-0.3, -0.25) is 0 Å². The van der Waals surface area contributed by atoms with Gasteiger partial charge in [-0.15, -0.1) is 0 Å². The first-order chi connectivity index (χ1) is 7.72. The highest BCUT2D eigenvalue weighted by Gasteiger charge is 2.09. The Morgan fingerprint density at radius 1 is 1.00 bits per heavy atom. The first-order valence-corrected chi connectivity index (χ1v) is 5.32. The van der Waals surface area contributed by atoms with Gasteiger partial charge in [0, 0.05) is 11.6 Å². The topological polar surface area (TPSA) is 40.5 Å². The minimum absolute atomic E-state index is 0.0913. The molecule has 2 rings (SSSR count). The van der Waals surface area contributed by atoms with Crippen LogP contribution in [0.5, 0.6) is 11.5 Å². The van der Waals surface area contributed by atoms with Crippen LogP contribution in [-0.4, -0.2) is 10.2 Å². The number of benzene rings is 2. The summed E-state index contributed by atoms with van der Waals surface area (Å²) in [7, 11) is 0. The molecule has 0 amide bonds. The second-order valence-corrected chi connectivity index (χ2v) is 3.71. The zero-order chi connectivity index (χ0) is 11.5. The molecule has 0 fully saturated rings. The number of phenolic OH excluding ortho intramolecular Hbond substituents is 2. The molecule has 2 N–H and O–H groups in total. The molecule has 0 radical (unpaired) electrons. The summed E-state index contributed by atoms with van der Waals surface area (Å²) in [6.45, 7) is 1.98. The number of hydrogen-bond acceptors (Lipinski definition) is 2. The summed E-state index contributed by atoms with van der Waals surface area (Å²) in [4.78, 5) is 0. The molecule has 82 valence electrons. The van der Waals surface area contributed by atoms with E-state index in [4.69, 9.17) is 0 Å². The fourth-order valence-corrected chi connectivity index (χ4v) is 1.89. The van der Waals surface area contributed by atoms with Crippen molar-refractivity contribution in [3.05, 3.63) is 48.0 Å². The lowest BCUT2D eigenvalue weighted by molar-refractivity contribution is 0.447. The Morgan fingerprint density at radius 3 is 2.31 bits per heavy atom. The summed E-state index contributed by atoms with van der Waals surface area (Å²) in [5.41, 5.74) is 2.76. The van der Waals surface area contributed by atoms with Gasteiger partial charge in [0.25, 0.3) is 0 Å². The average molecular weight is 214 g/mol. The average Bonchev–Trinajstić information content (AvgIpc) is 2.29. The third-order valence-corrected chi connectivity index (χ3v) is 2.65. The van der Waals surface area contributed by atoms with E-state index < -0.39 is 0 Å². The van der Waals surface area contributed by atoms with Crippen LogP contribution in [0.15, 0.2) is 42.5 Å². The summed E-state index contributed by atoms with van der Waals surface area (Å²) < 4.78 is 0. The van der Waals surface area contributed by atoms with E-state index in [0.717, 1.165) is 23.1 Å². The van der Waals surface area contributed by atoms with Crippen molar-refractivity contribution < 1.29 is 10.2 Å². The highest BCUT2D eigenvalue weighted by molar-refractivity contribution is 5.71.